The molecule has 1 nitrogen and oxygen atoms in total. The zero-order valence-corrected chi connectivity index (χ0v) is 11.5. The lowest BCUT2D eigenvalue weighted by molar-refractivity contribution is 0.140. The molecule has 0 bridgehead atoms. The molecule has 0 saturated heterocycles. The molecule has 2 heteroatoms. The molecule has 0 atom stereocenters. The third-order valence-electron chi connectivity index (χ3n) is 3.21. The van der Waals surface area contributed by atoms with Crippen LogP contribution in [0.4, 0.5) is 0 Å². The SMILES string of the molecule is CC(C)(C)C1=C(c2ccc(Cl)cc2)CCOC1. The molecule has 0 unspecified atom stereocenters. The van der Waals surface area contributed by atoms with Crippen molar-refractivity contribution in [3.63, 3.8) is 0 Å². The topological polar surface area (TPSA) is 9.23 Å². The van der Waals surface area contributed by atoms with Gasteiger partial charge >= 0.3 is 0 Å². The maximum absolute atomic E-state index is 5.94. The first-order valence-electron chi connectivity index (χ1n) is 6.04. The molecule has 0 fully saturated rings. The highest BCUT2D eigenvalue weighted by Gasteiger charge is 2.24. The van der Waals surface area contributed by atoms with Gasteiger partial charge in [-0.25, -0.2) is 0 Å². The van der Waals surface area contributed by atoms with Crippen LogP contribution < -0.4 is 0 Å². The third-order valence-corrected chi connectivity index (χ3v) is 3.46. The standard InChI is InChI=1S/C15H19ClO/c1-15(2,3)14-10-17-9-8-13(14)11-4-6-12(16)7-5-11/h4-7H,8-10H2,1-3H3. The largest absolute Gasteiger partial charge is 0.377 e. The summed E-state index contributed by atoms with van der Waals surface area (Å²) in [7, 11) is 0. The van der Waals surface area contributed by atoms with Crippen LogP contribution in [0.3, 0.4) is 0 Å². The first-order valence-corrected chi connectivity index (χ1v) is 6.42. The van der Waals surface area contributed by atoms with E-state index in [1.807, 2.05) is 12.1 Å². The van der Waals surface area contributed by atoms with Crippen LogP contribution in [0.25, 0.3) is 5.57 Å². The lowest BCUT2D eigenvalue weighted by Gasteiger charge is -2.30. The van der Waals surface area contributed by atoms with Gasteiger partial charge in [0.25, 0.3) is 0 Å². The number of hydrogen-bond donors (Lipinski definition) is 0. The van der Waals surface area contributed by atoms with Crippen molar-refractivity contribution in [1.82, 2.24) is 0 Å². The van der Waals surface area contributed by atoms with Crippen molar-refractivity contribution >= 4 is 17.2 Å². The quantitative estimate of drug-likeness (QED) is 0.710. The molecule has 0 radical (unpaired) electrons. The number of benzene rings is 1. The molecule has 1 aliphatic rings. The highest BCUT2D eigenvalue weighted by atomic mass is 35.5. The fraction of sp³-hybridized carbons (Fsp3) is 0.467. The van der Waals surface area contributed by atoms with Crippen LogP contribution in [0, 0.1) is 5.41 Å². The Hall–Kier alpha value is -0.790. The van der Waals surface area contributed by atoms with Crippen LogP contribution in [-0.2, 0) is 4.74 Å². The Morgan fingerprint density at radius 3 is 2.35 bits per heavy atom. The molecule has 0 aliphatic carbocycles. The van der Waals surface area contributed by atoms with E-state index in [0.717, 1.165) is 24.7 Å². The molecule has 1 heterocycles. The van der Waals surface area contributed by atoms with E-state index in [1.54, 1.807) is 0 Å². The van der Waals surface area contributed by atoms with Crippen molar-refractivity contribution in [2.24, 2.45) is 5.41 Å². The second-order valence-electron chi connectivity index (χ2n) is 5.52. The number of halogens is 1. The lowest BCUT2D eigenvalue weighted by atomic mass is 9.80. The van der Waals surface area contributed by atoms with Gasteiger partial charge in [-0.05, 0) is 40.7 Å². The first kappa shape index (κ1) is 12.7. The Labute approximate surface area is 108 Å². The molecule has 0 amide bonds. The second kappa shape index (κ2) is 4.83. The minimum absolute atomic E-state index is 0.162. The lowest BCUT2D eigenvalue weighted by Crippen LogP contribution is -2.21. The van der Waals surface area contributed by atoms with Gasteiger partial charge in [-0.1, -0.05) is 44.5 Å². The Morgan fingerprint density at radius 2 is 1.76 bits per heavy atom. The van der Waals surface area contributed by atoms with Crippen LogP contribution in [-0.4, -0.2) is 13.2 Å². The van der Waals surface area contributed by atoms with Crippen molar-refractivity contribution in [2.45, 2.75) is 27.2 Å². The molecule has 17 heavy (non-hydrogen) atoms. The van der Waals surface area contributed by atoms with Crippen LogP contribution in [0.5, 0.6) is 0 Å². The van der Waals surface area contributed by atoms with E-state index in [9.17, 15) is 0 Å². The van der Waals surface area contributed by atoms with Crippen molar-refractivity contribution < 1.29 is 4.74 Å². The summed E-state index contributed by atoms with van der Waals surface area (Å²) in [6.07, 6.45) is 0.994. The number of rotatable bonds is 1. The minimum Gasteiger partial charge on any atom is -0.377 e. The van der Waals surface area contributed by atoms with Gasteiger partial charge in [-0.15, -0.1) is 0 Å². The van der Waals surface area contributed by atoms with Crippen LogP contribution in [0.15, 0.2) is 29.8 Å². The average Bonchev–Trinajstić information content (AvgIpc) is 2.29. The van der Waals surface area contributed by atoms with E-state index in [4.69, 9.17) is 16.3 Å². The summed E-state index contributed by atoms with van der Waals surface area (Å²) < 4.78 is 5.60. The van der Waals surface area contributed by atoms with E-state index in [-0.39, 0.29) is 5.41 Å². The van der Waals surface area contributed by atoms with Gasteiger partial charge in [0.2, 0.25) is 0 Å². The molecule has 0 saturated carbocycles. The van der Waals surface area contributed by atoms with Crippen molar-refractivity contribution in [3.05, 3.63) is 40.4 Å². The summed E-state index contributed by atoms with van der Waals surface area (Å²) in [6.45, 7) is 8.30. The Morgan fingerprint density at radius 1 is 1.12 bits per heavy atom. The fourth-order valence-electron chi connectivity index (χ4n) is 2.23. The fourth-order valence-corrected chi connectivity index (χ4v) is 2.35. The monoisotopic (exact) mass is 250 g/mol. The molecule has 1 aliphatic heterocycles. The van der Waals surface area contributed by atoms with Crippen molar-refractivity contribution in [3.8, 4) is 0 Å². The molecule has 1 aromatic rings. The molecular weight excluding hydrogens is 232 g/mol. The maximum atomic E-state index is 5.94. The van der Waals surface area contributed by atoms with E-state index in [2.05, 4.69) is 32.9 Å². The molecule has 1 aromatic carbocycles. The van der Waals surface area contributed by atoms with Crippen LogP contribution >= 0.6 is 11.6 Å². The molecular formula is C15H19ClO. The smallest absolute Gasteiger partial charge is 0.0687 e. The summed E-state index contributed by atoms with van der Waals surface area (Å²) in [5, 5.41) is 0.790. The average molecular weight is 251 g/mol. The normalized spacial score (nSPS) is 17.4. The van der Waals surface area contributed by atoms with Gasteiger partial charge in [0.05, 0.1) is 13.2 Å². The second-order valence-corrected chi connectivity index (χ2v) is 5.95. The maximum Gasteiger partial charge on any atom is 0.0687 e. The van der Waals surface area contributed by atoms with Crippen LogP contribution in [0.1, 0.15) is 32.8 Å². The van der Waals surface area contributed by atoms with Crippen LogP contribution in [0.2, 0.25) is 5.02 Å². The van der Waals surface area contributed by atoms with E-state index in [0.29, 0.717) is 0 Å². The Balaban J connectivity index is 2.45. The summed E-state index contributed by atoms with van der Waals surface area (Å²) in [5.74, 6) is 0. The van der Waals surface area contributed by atoms with Gasteiger partial charge < -0.3 is 4.74 Å². The first-order chi connectivity index (χ1) is 7.98. The predicted octanol–water partition coefficient (Wildman–Crippen LogP) is 4.56. The van der Waals surface area contributed by atoms with E-state index < -0.39 is 0 Å². The van der Waals surface area contributed by atoms with Gasteiger partial charge in [0, 0.05) is 5.02 Å². The highest BCUT2D eigenvalue weighted by molar-refractivity contribution is 6.30. The zero-order chi connectivity index (χ0) is 12.5. The summed E-state index contributed by atoms with van der Waals surface area (Å²) in [5.41, 5.74) is 4.28. The zero-order valence-electron chi connectivity index (χ0n) is 10.7. The molecule has 0 aromatic heterocycles. The van der Waals surface area contributed by atoms with Gasteiger partial charge in [0.15, 0.2) is 0 Å². The van der Waals surface area contributed by atoms with Crippen molar-refractivity contribution in [2.75, 3.05) is 13.2 Å². The van der Waals surface area contributed by atoms with E-state index in [1.165, 1.54) is 16.7 Å². The Bertz CT molecular complexity index is 423. The van der Waals surface area contributed by atoms with E-state index >= 15 is 0 Å². The highest BCUT2D eigenvalue weighted by Crippen LogP contribution is 2.37. The van der Waals surface area contributed by atoms with Gasteiger partial charge in [-0.3, -0.25) is 0 Å². The summed E-state index contributed by atoms with van der Waals surface area (Å²) in [4.78, 5) is 0. The predicted molar refractivity (Wildman–Crippen MR) is 73.3 cm³/mol. The number of ether oxygens (including phenoxy) is 1. The number of hydrogen-bond acceptors (Lipinski definition) is 1. The third kappa shape index (κ3) is 2.91. The minimum atomic E-state index is 0.162. The van der Waals surface area contributed by atoms with Gasteiger partial charge in [0.1, 0.15) is 0 Å². The van der Waals surface area contributed by atoms with Crippen molar-refractivity contribution in [1.29, 1.82) is 0 Å². The summed E-state index contributed by atoms with van der Waals surface area (Å²) in [6, 6.07) is 8.13. The summed E-state index contributed by atoms with van der Waals surface area (Å²) >= 11 is 5.94. The molecule has 2 rings (SSSR count). The van der Waals surface area contributed by atoms with Gasteiger partial charge in [-0.2, -0.15) is 0 Å². The molecule has 0 spiro atoms. The Kier molecular flexibility index (Phi) is 3.60. The molecule has 92 valence electrons. The molecule has 0 N–H and O–H groups in total.